The van der Waals surface area contributed by atoms with Gasteiger partial charge in [-0.3, -0.25) is 19.1 Å². The summed E-state index contributed by atoms with van der Waals surface area (Å²) in [6, 6.07) is 13.5. The van der Waals surface area contributed by atoms with Crippen LogP contribution in [-0.4, -0.2) is 39.4 Å². The van der Waals surface area contributed by atoms with Crippen LogP contribution in [0.4, 0.5) is 5.69 Å². The zero-order chi connectivity index (χ0) is 22.7. The molecule has 0 amide bonds. The van der Waals surface area contributed by atoms with E-state index in [1.807, 2.05) is 6.07 Å². The lowest BCUT2D eigenvalue weighted by Gasteiger charge is -2.43. The number of ketones is 1. The van der Waals surface area contributed by atoms with Crippen molar-refractivity contribution in [2.45, 2.75) is 57.2 Å². The zero-order valence-corrected chi connectivity index (χ0v) is 19.3. The second-order valence-electron chi connectivity index (χ2n) is 10.0. The highest BCUT2D eigenvalue weighted by atomic mass is 16.1. The van der Waals surface area contributed by atoms with E-state index in [-0.39, 0.29) is 5.56 Å². The first kappa shape index (κ1) is 20.6. The van der Waals surface area contributed by atoms with Crippen molar-refractivity contribution in [2.75, 3.05) is 18.0 Å². The van der Waals surface area contributed by atoms with Crippen LogP contribution >= 0.6 is 0 Å². The molecular formula is C27H30N4O2. The third-order valence-electron chi connectivity index (χ3n) is 8.05. The van der Waals surface area contributed by atoms with Gasteiger partial charge in [-0.2, -0.15) is 0 Å². The third-order valence-corrected chi connectivity index (χ3v) is 8.05. The summed E-state index contributed by atoms with van der Waals surface area (Å²) in [5.74, 6) is 0.927. The van der Waals surface area contributed by atoms with Crippen LogP contribution in [0.1, 0.15) is 61.3 Å². The lowest BCUT2D eigenvalue weighted by Crippen LogP contribution is -2.51. The maximum absolute atomic E-state index is 12.7. The molecule has 0 spiro atoms. The van der Waals surface area contributed by atoms with Gasteiger partial charge in [-0.25, -0.2) is 4.98 Å². The van der Waals surface area contributed by atoms with Gasteiger partial charge in [0.2, 0.25) is 0 Å². The minimum Gasteiger partial charge on any atom is -0.367 e. The maximum Gasteiger partial charge on any atom is 0.253 e. The molecule has 6 nitrogen and oxygen atoms in total. The molecule has 3 aromatic rings. The summed E-state index contributed by atoms with van der Waals surface area (Å²) in [4.78, 5) is 33.8. The normalized spacial score (nSPS) is 23.7. The molecule has 2 atom stereocenters. The Labute approximate surface area is 193 Å². The van der Waals surface area contributed by atoms with E-state index in [1.165, 1.54) is 16.7 Å². The van der Waals surface area contributed by atoms with Crippen molar-refractivity contribution in [1.82, 2.24) is 14.5 Å². The molecule has 1 aliphatic carbocycles. The lowest BCUT2D eigenvalue weighted by atomic mass is 9.82. The lowest BCUT2D eigenvalue weighted by molar-refractivity contribution is -0.120. The van der Waals surface area contributed by atoms with Crippen LogP contribution in [0.25, 0.3) is 11.0 Å². The summed E-state index contributed by atoms with van der Waals surface area (Å²) in [6.45, 7) is 5.03. The fourth-order valence-electron chi connectivity index (χ4n) is 6.19. The van der Waals surface area contributed by atoms with E-state index in [0.29, 0.717) is 23.8 Å². The Morgan fingerprint density at radius 1 is 1.03 bits per heavy atom. The molecule has 1 aromatic carbocycles. The first-order chi connectivity index (χ1) is 16.0. The minimum atomic E-state index is -0.0197. The quantitative estimate of drug-likeness (QED) is 0.602. The Kier molecular flexibility index (Phi) is 4.87. The monoisotopic (exact) mass is 442 g/mol. The number of rotatable bonds is 2. The molecular weight excluding hydrogens is 412 g/mol. The van der Waals surface area contributed by atoms with E-state index in [2.05, 4.69) is 46.0 Å². The molecule has 2 aliphatic heterocycles. The Hall–Kier alpha value is -2.99. The number of hydrogen-bond acceptors (Lipinski definition) is 5. The van der Waals surface area contributed by atoms with Crippen molar-refractivity contribution < 1.29 is 4.79 Å². The third kappa shape index (κ3) is 3.39. The molecule has 0 bridgehead atoms. The van der Waals surface area contributed by atoms with Crippen molar-refractivity contribution >= 4 is 22.5 Å². The second kappa shape index (κ2) is 7.80. The molecule has 6 rings (SSSR count). The number of Topliss-reactive ketones (excluding diaryl/α,β-unsaturated/α-hetero) is 1. The van der Waals surface area contributed by atoms with Crippen LogP contribution in [0.5, 0.6) is 0 Å². The molecule has 0 unspecified atom stereocenters. The number of piperazine rings is 1. The van der Waals surface area contributed by atoms with Gasteiger partial charge < -0.3 is 4.90 Å². The average Bonchev–Trinajstić information content (AvgIpc) is 3.20. The van der Waals surface area contributed by atoms with E-state index in [9.17, 15) is 9.59 Å². The van der Waals surface area contributed by atoms with Crippen molar-refractivity contribution in [3.63, 3.8) is 0 Å². The van der Waals surface area contributed by atoms with E-state index in [4.69, 9.17) is 0 Å². The summed E-state index contributed by atoms with van der Waals surface area (Å²) in [6.07, 6.45) is 5.17. The molecule has 6 heteroatoms. The number of nitrogens with zero attached hydrogens (tertiary/aromatic N) is 4. The summed E-state index contributed by atoms with van der Waals surface area (Å²) in [5, 5.41) is 1.03. The van der Waals surface area contributed by atoms with Crippen LogP contribution in [0, 0.1) is 0 Å². The molecule has 0 radical (unpaired) electrons. The van der Waals surface area contributed by atoms with Gasteiger partial charge in [-0.05, 0) is 54.5 Å². The van der Waals surface area contributed by atoms with Gasteiger partial charge in [0.15, 0.2) is 0 Å². The largest absolute Gasteiger partial charge is 0.367 e. The molecule has 0 N–H and O–H groups in total. The first-order valence-corrected chi connectivity index (χ1v) is 12.1. The molecule has 170 valence electrons. The number of carbonyl (C=O) groups excluding carboxylic acids is 1. The fourth-order valence-corrected chi connectivity index (χ4v) is 6.19. The van der Waals surface area contributed by atoms with Crippen LogP contribution < -0.4 is 10.5 Å². The predicted molar refractivity (Wildman–Crippen MR) is 130 cm³/mol. The van der Waals surface area contributed by atoms with Gasteiger partial charge in [0.1, 0.15) is 11.4 Å². The van der Waals surface area contributed by atoms with Gasteiger partial charge in [-0.15, -0.1) is 0 Å². The van der Waals surface area contributed by atoms with Crippen LogP contribution in [0.15, 0.2) is 47.4 Å². The Bertz CT molecular complexity index is 1300. The highest BCUT2D eigenvalue weighted by Gasteiger charge is 2.39. The average molecular weight is 443 g/mol. The number of benzene rings is 1. The van der Waals surface area contributed by atoms with Crippen molar-refractivity contribution in [3.05, 3.63) is 69.6 Å². The van der Waals surface area contributed by atoms with E-state index >= 15 is 0 Å². The minimum absolute atomic E-state index is 0.0197. The first-order valence-electron chi connectivity index (χ1n) is 12.1. The van der Waals surface area contributed by atoms with Crippen molar-refractivity contribution in [1.29, 1.82) is 0 Å². The molecule has 4 heterocycles. The number of aryl methyl sites for hydroxylation is 1. The van der Waals surface area contributed by atoms with Gasteiger partial charge >= 0.3 is 0 Å². The van der Waals surface area contributed by atoms with Crippen LogP contribution in [-0.2, 0) is 18.4 Å². The molecule has 2 aromatic heterocycles. The zero-order valence-electron chi connectivity index (χ0n) is 19.3. The molecule has 1 saturated carbocycles. The van der Waals surface area contributed by atoms with Crippen molar-refractivity contribution in [2.24, 2.45) is 7.05 Å². The highest BCUT2D eigenvalue weighted by molar-refractivity contribution is 5.89. The van der Waals surface area contributed by atoms with Crippen LogP contribution in [0.2, 0.25) is 0 Å². The summed E-state index contributed by atoms with van der Waals surface area (Å²) in [5.41, 5.74) is 5.94. The van der Waals surface area contributed by atoms with Crippen molar-refractivity contribution in [3.8, 4) is 0 Å². The number of carbonyl (C=O) groups is 1. The Morgan fingerprint density at radius 3 is 2.67 bits per heavy atom. The number of pyridine rings is 2. The van der Waals surface area contributed by atoms with E-state index < -0.39 is 0 Å². The van der Waals surface area contributed by atoms with E-state index in [1.54, 1.807) is 23.9 Å². The number of hydrogen-bond donors (Lipinski definition) is 0. The summed E-state index contributed by atoms with van der Waals surface area (Å²) >= 11 is 0. The number of aromatic nitrogens is 2. The number of fused-ring (bicyclic) bond motifs is 4. The number of anilines is 1. The SMILES string of the molecule is C[C@@H]1CN(c2cc(=O)n(C)c3ncccc23)C[C@@H]2c3ccc(C4CCC(=O)CC4)cc3CN12. The molecule has 3 aliphatic rings. The smallest absolute Gasteiger partial charge is 0.253 e. The van der Waals surface area contributed by atoms with E-state index in [0.717, 1.165) is 62.0 Å². The second-order valence-corrected chi connectivity index (χ2v) is 10.0. The predicted octanol–water partition coefficient (Wildman–Crippen LogP) is 3.93. The highest BCUT2D eigenvalue weighted by Crippen LogP contribution is 2.42. The molecule has 2 fully saturated rings. The standard InChI is InChI=1S/C27H30N4O2/c1-17-14-30(24-13-26(33)29(2)27-23(24)4-3-11-28-27)16-25-22-10-7-19(12-20(22)15-31(17)25)18-5-8-21(32)9-6-18/h3-4,7,10-13,17-18,25H,5-6,8-9,14-16H2,1-2H3/t17-,25-/m1/s1. The van der Waals surface area contributed by atoms with Crippen LogP contribution in [0.3, 0.4) is 0 Å². The summed E-state index contributed by atoms with van der Waals surface area (Å²) < 4.78 is 1.63. The summed E-state index contributed by atoms with van der Waals surface area (Å²) in [7, 11) is 1.79. The Morgan fingerprint density at radius 2 is 1.85 bits per heavy atom. The Balaban J connectivity index is 1.33. The van der Waals surface area contributed by atoms with Gasteiger partial charge in [0, 0.05) is 63.2 Å². The molecule has 1 saturated heterocycles. The van der Waals surface area contributed by atoms with Gasteiger partial charge in [-0.1, -0.05) is 18.2 Å². The maximum atomic E-state index is 12.7. The topological polar surface area (TPSA) is 58.4 Å². The fraction of sp³-hybridized carbons (Fsp3) is 0.444. The molecule has 33 heavy (non-hydrogen) atoms. The van der Waals surface area contributed by atoms with Gasteiger partial charge in [0.05, 0.1) is 11.7 Å². The van der Waals surface area contributed by atoms with Gasteiger partial charge in [0.25, 0.3) is 5.56 Å².